The number of nitrogens with zero attached hydrogens (tertiary/aromatic N) is 1. The number of thiazole rings is 1. The van der Waals surface area contributed by atoms with Gasteiger partial charge in [0.05, 0.1) is 10.7 Å². The summed E-state index contributed by atoms with van der Waals surface area (Å²) in [5.74, 6) is 0.911. The number of likely N-dealkylation sites (N-methyl/N-ethyl adjacent to an activating group) is 1. The fraction of sp³-hybridized carbons (Fsp3) is 0.400. The zero-order valence-electron chi connectivity index (χ0n) is 11.6. The molecule has 0 radical (unpaired) electrons. The molecule has 102 valence electrons. The van der Waals surface area contributed by atoms with Gasteiger partial charge in [0, 0.05) is 17.3 Å². The SMILES string of the molecule is CNC(COc1ccccc1)Cc1nc(C)c(C)s1. The van der Waals surface area contributed by atoms with Crippen molar-refractivity contribution >= 4 is 11.3 Å². The molecule has 0 saturated heterocycles. The van der Waals surface area contributed by atoms with E-state index in [0.29, 0.717) is 6.61 Å². The third-order valence-electron chi connectivity index (χ3n) is 3.10. The first kappa shape index (κ1) is 14.0. The molecule has 0 saturated carbocycles. The van der Waals surface area contributed by atoms with Crippen molar-refractivity contribution in [1.82, 2.24) is 10.3 Å². The Balaban J connectivity index is 1.90. The number of nitrogens with one attached hydrogen (secondary N) is 1. The summed E-state index contributed by atoms with van der Waals surface area (Å²) in [6, 6.07) is 10.2. The minimum Gasteiger partial charge on any atom is -0.492 e. The Kier molecular flexibility index (Phi) is 4.93. The summed E-state index contributed by atoms with van der Waals surface area (Å²) < 4.78 is 5.78. The lowest BCUT2D eigenvalue weighted by atomic mass is 10.2. The monoisotopic (exact) mass is 276 g/mol. The highest BCUT2D eigenvalue weighted by molar-refractivity contribution is 7.11. The summed E-state index contributed by atoms with van der Waals surface area (Å²) in [5.41, 5.74) is 1.14. The molecule has 0 bridgehead atoms. The van der Waals surface area contributed by atoms with Gasteiger partial charge in [-0.2, -0.15) is 0 Å². The van der Waals surface area contributed by atoms with Crippen LogP contribution in [0.3, 0.4) is 0 Å². The predicted octanol–water partition coefficient (Wildman–Crippen LogP) is 2.97. The van der Waals surface area contributed by atoms with Crippen LogP contribution in [-0.2, 0) is 6.42 Å². The van der Waals surface area contributed by atoms with E-state index in [-0.39, 0.29) is 6.04 Å². The van der Waals surface area contributed by atoms with Crippen molar-refractivity contribution in [2.24, 2.45) is 0 Å². The average molecular weight is 276 g/mol. The maximum atomic E-state index is 5.78. The maximum absolute atomic E-state index is 5.78. The van der Waals surface area contributed by atoms with Crippen LogP contribution in [-0.4, -0.2) is 24.7 Å². The van der Waals surface area contributed by atoms with Crippen molar-refractivity contribution in [2.75, 3.05) is 13.7 Å². The molecule has 1 aromatic heterocycles. The Bertz CT molecular complexity index is 491. The second-order valence-corrected chi connectivity index (χ2v) is 5.85. The van der Waals surface area contributed by atoms with E-state index < -0.39 is 0 Å². The van der Waals surface area contributed by atoms with E-state index >= 15 is 0 Å². The number of benzene rings is 1. The Morgan fingerprint density at radius 3 is 2.58 bits per heavy atom. The van der Waals surface area contributed by atoms with E-state index in [0.717, 1.165) is 17.9 Å². The van der Waals surface area contributed by atoms with Gasteiger partial charge in [0.2, 0.25) is 0 Å². The molecule has 3 nitrogen and oxygen atoms in total. The van der Waals surface area contributed by atoms with Crippen LogP contribution in [0, 0.1) is 13.8 Å². The second kappa shape index (κ2) is 6.68. The molecule has 2 aromatic rings. The smallest absolute Gasteiger partial charge is 0.119 e. The van der Waals surface area contributed by atoms with Crippen molar-refractivity contribution in [3.05, 3.63) is 45.9 Å². The van der Waals surface area contributed by atoms with Gasteiger partial charge in [-0.15, -0.1) is 11.3 Å². The van der Waals surface area contributed by atoms with Crippen molar-refractivity contribution in [3.63, 3.8) is 0 Å². The maximum Gasteiger partial charge on any atom is 0.119 e. The van der Waals surface area contributed by atoms with Crippen LogP contribution in [0.5, 0.6) is 5.75 Å². The van der Waals surface area contributed by atoms with Crippen molar-refractivity contribution in [1.29, 1.82) is 0 Å². The molecule has 1 atom stereocenters. The largest absolute Gasteiger partial charge is 0.492 e. The Labute approximate surface area is 118 Å². The van der Waals surface area contributed by atoms with Crippen molar-refractivity contribution < 1.29 is 4.74 Å². The van der Waals surface area contributed by atoms with Crippen LogP contribution in [0.1, 0.15) is 15.6 Å². The van der Waals surface area contributed by atoms with E-state index in [9.17, 15) is 0 Å². The lowest BCUT2D eigenvalue weighted by Crippen LogP contribution is -2.33. The molecule has 4 heteroatoms. The number of ether oxygens (including phenoxy) is 1. The molecule has 0 aliphatic heterocycles. The first-order valence-corrected chi connectivity index (χ1v) is 7.28. The first-order chi connectivity index (χ1) is 9.19. The van der Waals surface area contributed by atoms with Crippen LogP contribution >= 0.6 is 11.3 Å². The van der Waals surface area contributed by atoms with Gasteiger partial charge in [-0.3, -0.25) is 0 Å². The predicted molar refractivity (Wildman–Crippen MR) is 80.1 cm³/mol. The third kappa shape index (κ3) is 4.04. The van der Waals surface area contributed by atoms with Gasteiger partial charge in [-0.05, 0) is 33.0 Å². The molecule has 1 aromatic carbocycles. The highest BCUT2D eigenvalue weighted by Crippen LogP contribution is 2.18. The zero-order chi connectivity index (χ0) is 13.7. The highest BCUT2D eigenvalue weighted by atomic mass is 32.1. The average Bonchev–Trinajstić information content (AvgIpc) is 2.74. The van der Waals surface area contributed by atoms with Gasteiger partial charge in [0.15, 0.2) is 0 Å². The van der Waals surface area contributed by atoms with Gasteiger partial charge in [-0.1, -0.05) is 18.2 Å². The number of aryl methyl sites for hydroxylation is 2. The molecule has 1 heterocycles. The molecule has 0 aliphatic carbocycles. The Morgan fingerprint density at radius 2 is 2.00 bits per heavy atom. The lowest BCUT2D eigenvalue weighted by Gasteiger charge is -2.15. The molecule has 1 unspecified atom stereocenters. The van der Waals surface area contributed by atoms with E-state index in [2.05, 4.69) is 24.1 Å². The molecule has 1 N–H and O–H groups in total. The lowest BCUT2D eigenvalue weighted by molar-refractivity contribution is 0.269. The van der Waals surface area contributed by atoms with Crippen LogP contribution in [0.4, 0.5) is 0 Å². The summed E-state index contributed by atoms with van der Waals surface area (Å²) in [4.78, 5) is 5.88. The standard InChI is InChI=1S/C15H20N2OS/c1-11-12(2)19-15(17-11)9-13(16-3)10-18-14-7-5-4-6-8-14/h4-8,13,16H,9-10H2,1-3H3. The van der Waals surface area contributed by atoms with Crippen LogP contribution < -0.4 is 10.1 Å². The Hall–Kier alpha value is -1.39. The summed E-state index contributed by atoms with van der Waals surface area (Å²) >= 11 is 1.77. The molecule has 19 heavy (non-hydrogen) atoms. The second-order valence-electron chi connectivity index (χ2n) is 4.56. The van der Waals surface area contributed by atoms with Crippen molar-refractivity contribution in [2.45, 2.75) is 26.3 Å². The normalized spacial score (nSPS) is 12.4. The summed E-state index contributed by atoms with van der Waals surface area (Å²) in [6.45, 7) is 4.83. The van der Waals surface area contributed by atoms with Gasteiger partial charge < -0.3 is 10.1 Å². The fourth-order valence-corrected chi connectivity index (χ4v) is 2.81. The van der Waals surface area contributed by atoms with Crippen LogP contribution in [0.15, 0.2) is 30.3 Å². The quantitative estimate of drug-likeness (QED) is 0.881. The van der Waals surface area contributed by atoms with E-state index in [1.807, 2.05) is 37.4 Å². The van der Waals surface area contributed by atoms with E-state index in [1.165, 1.54) is 9.88 Å². The number of hydrogen-bond acceptors (Lipinski definition) is 4. The number of rotatable bonds is 6. The van der Waals surface area contributed by atoms with Crippen LogP contribution in [0.2, 0.25) is 0 Å². The molecular weight excluding hydrogens is 256 g/mol. The van der Waals surface area contributed by atoms with Crippen molar-refractivity contribution in [3.8, 4) is 5.75 Å². The first-order valence-electron chi connectivity index (χ1n) is 6.47. The van der Waals surface area contributed by atoms with Gasteiger partial charge in [-0.25, -0.2) is 4.98 Å². The summed E-state index contributed by atoms with van der Waals surface area (Å²) in [7, 11) is 1.96. The highest BCUT2D eigenvalue weighted by Gasteiger charge is 2.12. The van der Waals surface area contributed by atoms with Crippen LogP contribution in [0.25, 0.3) is 0 Å². The third-order valence-corrected chi connectivity index (χ3v) is 4.19. The van der Waals surface area contributed by atoms with E-state index in [1.54, 1.807) is 11.3 Å². The molecule has 2 rings (SSSR count). The number of para-hydroxylation sites is 1. The number of hydrogen-bond donors (Lipinski definition) is 1. The Morgan fingerprint density at radius 1 is 1.26 bits per heavy atom. The van der Waals surface area contributed by atoms with Gasteiger partial charge in [0.1, 0.15) is 12.4 Å². The minimum absolute atomic E-state index is 0.283. The topological polar surface area (TPSA) is 34.1 Å². The molecule has 0 amide bonds. The summed E-state index contributed by atoms with van der Waals surface area (Å²) in [6.07, 6.45) is 0.905. The van der Waals surface area contributed by atoms with Gasteiger partial charge >= 0.3 is 0 Å². The molecular formula is C15H20N2OS. The fourth-order valence-electron chi connectivity index (χ4n) is 1.80. The number of aromatic nitrogens is 1. The minimum atomic E-state index is 0.283. The zero-order valence-corrected chi connectivity index (χ0v) is 12.5. The summed E-state index contributed by atoms with van der Waals surface area (Å²) in [5, 5.41) is 4.46. The molecule has 0 fully saturated rings. The molecule has 0 spiro atoms. The van der Waals surface area contributed by atoms with Gasteiger partial charge in [0.25, 0.3) is 0 Å². The molecule has 0 aliphatic rings. The van der Waals surface area contributed by atoms with E-state index in [4.69, 9.17) is 4.74 Å².